The molecule has 3 aromatic rings. The van der Waals surface area contributed by atoms with Crippen molar-refractivity contribution in [3.63, 3.8) is 0 Å². The average molecular weight is 327 g/mol. The quantitative estimate of drug-likeness (QED) is 0.795. The molecule has 8 heteroatoms. The highest BCUT2D eigenvalue weighted by molar-refractivity contribution is 6.02. The van der Waals surface area contributed by atoms with E-state index in [1.807, 2.05) is 13.0 Å². The number of benzene rings is 2. The minimum absolute atomic E-state index is 0.108. The van der Waals surface area contributed by atoms with Gasteiger partial charge in [-0.2, -0.15) is 0 Å². The van der Waals surface area contributed by atoms with E-state index >= 15 is 0 Å². The van der Waals surface area contributed by atoms with Crippen LogP contribution in [0.1, 0.15) is 16.2 Å². The molecule has 0 atom stereocenters. The van der Waals surface area contributed by atoms with Crippen LogP contribution in [0.2, 0.25) is 0 Å². The fourth-order valence-electron chi connectivity index (χ4n) is 2.09. The van der Waals surface area contributed by atoms with Gasteiger partial charge in [0.25, 0.3) is 11.7 Å². The van der Waals surface area contributed by atoms with E-state index in [0.717, 1.165) is 10.4 Å². The second-order valence-corrected chi connectivity index (χ2v) is 5.04. The van der Waals surface area contributed by atoms with E-state index in [0.29, 0.717) is 17.1 Å². The maximum atomic E-state index is 12.9. The summed E-state index contributed by atoms with van der Waals surface area (Å²) in [4.78, 5) is 13.4. The minimum Gasteiger partial charge on any atom is -0.495 e. The molecule has 1 amide bonds. The zero-order valence-electron chi connectivity index (χ0n) is 13.0. The van der Waals surface area contributed by atoms with Gasteiger partial charge in [0, 0.05) is 0 Å². The molecule has 1 N–H and O–H groups in total. The summed E-state index contributed by atoms with van der Waals surface area (Å²) in [6, 6.07) is 10.9. The maximum absolute atomic E-state index is 12.9. The van der Waals surface area contributed by atoms with Crippen LogP contribution in [0.3, 0.4) is 0 Å². The summed E-state index contributed by atoms with van der Waals surface area (Å²) in [6.45, 7) is 1.90. The highest BCUT2D eigenvalue weighted by Crippen LogP contribution is 2.25. The molecule has 0 aliphatic carbocycles. The number of hydrogen-bond donors (Lipinski definition) is 1. The lowest BCUT2D eigenvalue weighted by molar-refractivity contribution is 0.101. The van der Waals surface area contributed by atoms with E-state index in [9.17, 15) is 9.18 Å². The van der Waals surface area contributed by atoms with Crippen molar-refractivity contribution in [1.29, 1.82) is 0 Å². The lowest BCUT2D eigenvalue weighted by Gasteiger charge is -2.09. The van der Waals surface area contributed by atoms with Crippen molar-refractivity contribution in [2.24, 2.45) is 0 Å². The lowest BCUT2D eigenvalue weighted by Crippen LogP contribution is -2.15. The number of methoxy groups -OCH3 is 1. The second kappa shape index (κ2) is 6.45. The number of aryl methyl sites for hydroxylation is 1. The van der Waals surface area contributed by atoms with Crippen LogP contribution in [0.25, 0.3) is 5.69 Å². The first-order valence-corrected chi connectivity index (χ1v) is 7.09. The van der Waals surface area contributed by atoms with Gasteiger partial charge < -0.3 is 10.1 Å². The number of nitrogens with zero attached hydrogens (tertiary/aromatic N) is 4. The number of ether oxygens (including phenoxy) is 1. The number of rotatable bonds is 4. The third kappa shape index (κ3) is 3.22. The van der Waals surface area contributed by atoms with Crippen LogP contribution in [-0.4, -0.2) is 33.2 Å². The van der Waals surface area contributed by atoms with Gasteiger partial charge in [-0.05, 0) is 54.1 Å². The van der Waals surface area contributed by atoms with Crippen molar-refractivity contribution < 1.29 is 13.9 Å². The first-order chi connectivity index (χ1) is 11.6. The van der Waals surface area contributed by atoms with Gasteiger partial charge in [0.05, 0.1) is 18.5 Å². The summed E-state index contributed by atoms with van der Waals surface area (Å²) in [7, 11) is 1.52. The number of tetrazole rings is 1. The number of carbonyl (C=O) groups excluding carboxylic acids is 1. The summed E-state index contributed by atoms with van der Waals surface area (Å²) in [6.07, 6.45) is 0. The number of halogens is 1. The predicted molar refractivity (Wildman–Crippen MR) is 84.8 cm³/mol. The van der Waals surface area contributed by atoms with E-state index in [-0.39, 0.29) is 11.6 Å². The molecule has 1 aromatic heterocycles. The summed E-state index contributed by atoms with van der Waals surface area (Å²) >= 11 is 0. The molecule has 0 bridgehead atoms. The monoisotopic (exact) mass is 327 g/mol. The van der Waals surface area contributed by atoms with E-state index < -0.39 is 5.91 Å². The Balaban J connectivity index is 1.81. The molecule has 0 aliphatic rings. The standard InChI is InChI=1S/C16H14FN5O2/c1-10-3-8-14(24-2)13(9-10)18-16(23)15-19-21-22(20-15)12-6-4-11(17)5-7-12/h3-9H,1-2H3,(H,18,23). The van der Waals surface area contributed by atoms with Crippen LogP contribution in [0, 0.1) is 12.7 Å². The van der Waals surface area contributed by atoms with Crippen LogP contribution in [-0.2, 0) is 0 Å². The van der Waals surface area contributed by atoms with Gasteiger partial charge in [0.1, 0.15) is 11.6 Å². The van der Waals surface area contributed by atoms with Gasteiger partial charge in [-0.1, -0.05) is 6.07 Å². The van der Waals surface area contributed by atoms with E-state index in [1.165, 1.54) is 31.4 Å². The fourth-order valence-corrected chi connectivity index (χ4v) is 2.09. The van der Waals surface area contributed by atoms with Crippen molar-refractivity contribution in [2.45, 2.75) is 6.92 Å². The molecule has 0 fully saturated rings. The van der Waals surface area contributed by atoms with Gasteiger partial charge in [-0.15, -0.1) is 15.0 Å². The molecule has 7 nitrogen and oxygen atoms in total. The fraction of sp³-hybridized carbons (Fsp3) is 0.125. The highest BCUT2D eigenvalue weighted by Gasteiger charge is 2.16. The zero-order chi connectivity index (χ0) is 17.1. The molecule has 0 saturated heterocycles. The minimum atomic E-state index is -0.521. The second-order valence-electron chi connectivity index (χ2n) is 5.04. The first kappa shape index (κ1) is 15.6. The molecule has 0 aliphatic heterocycles. The van der Waals surface area contributed by atoms with Crippen LogP contribution in [0.5, 0.6) is 5.75 Å². The topological polar surface area (TPSA) is 81.9 Å². The number of amides is 1. The normalized spacial score (nSPS) is 10.5. The average Bonchev–Trinajstić information content (AvgIpc) is 3.06. The molecule has 0 saturated carbocycles. The number of aromatic nitrogens is 4. The molecule has 0 radical (unpaired) electrons. The molecule has 24 heavy (non-hydrogen) atoms. The Kier molecular flexibility index (Phi) is 4.19. The van der Waals surface area contributed by atoms with Crippen molar-refractivity contribution in [3.8, 4) is 11.4 Å². The Hall–Kier alpha value is -3.29. The smallest absolute Gasteiger partial charge is 0.297 e. The Labute approximate surface area is 137 Å². The van der Waals surface area contributed by atoms with E-state index in [2.05, 4.69) is 20.7 Å². The van der Waals surface area contributed by atoms with Crippen LogP contribution >= 0.6 is 0 Å². The molecule has 3 rings (SSSR count). The maximum Gasteiger partial charge on any atom is 0.297 e. The molecule has 1 heterocycles. The number of nitrogens with one attached hydrogen (secondary N) is 1. The lowest BCUT2D eigenvalue weighted by atomic mass is 10.2. The van der Waals surface area contributed by atoms with Gasteiger partial charge in [0.15, 0.2) is 0 Å². The van der Waals surface area contributed by atoms with Crippen LogP contribution in [0.4, 0.5) is 10.1 Å². The predicted octanol–water partition coefficient (Wildman–Crippen LogP) is 2.37. The summed E-state index contributed by atoms with van der Waals surface area (Å²) < 4.78 is 18.2. The Morgan fingerprint density at radius 1 is 1.21 bits per heavy atom. The van der Waals surface area contributed by atoms with Gasteiger partial charge >= 0.3 is 0 Å². The number of hydrogen-bond acceptors (Lipinski definition) is 5. The van der Waals surface area contributed by atoms with E-state index in [4.69, 9.17) is 4.74 Å². The molecule has 122 valence electrons. The molecule has 0 unspecified atom stereocenters. The Morgan fingerprint density at radius 2 is 1.96 bits per heavy atom. The van der Waals surface area contributed by atoms with Gasteiger partial charge in [0.2, 0.25) is 0 Å². The van der Waals surface area contributed by atoms with Gasteiger partial charge in [-0.3, -0.25) is 4.79 Å². The summed E-state index contributed by atoms with van der Waals surface area (Å²) in [5, 5.41) is 14.2. The first-order valence-electron chi connectivity index (χ1n) is 7.09. The number of carbonyl (C=O) groups is 1. The van der Waals surface area contributed by atoms with Gasteiger partial charge in [-0.25, -0.2) is 4.39 Å². The summed E-state index contributed by atoms with van der Waals surface area (Å²) in [5.41, 5.74) is 1.98. The SMILES string of the molecule is COc1ccc(C)cc1NC(=O)c1nnn(-c2ccc(F)cc2)n1. The Bertz CT molecular complexity index is 876. The third-order valence-corrected chi connectivity index (χ3v) is 3.28. The van der Waals surface area contributed by atoms with E-state index in [1.54, 1.807) is 12.1 Å². The van der Waals surface area contributed by atoms with Crippen molar-refractivity contribution in [2.75, 3.05) is 12.4 Å². The summed E-state index contributed by atoms with van der Waals surface area (Å²) in [5.74, 6) is -0.474. The zero-order valence-corrected chi connectivity index (χ0v) is 13.0. The third-order valence-electron chi connectivity index (χ3n) is 3.28. The molecular weight excluding hydrogens is 313 g/mol. The Morgan fingerprint density at radius 3 is 2.67 bits per heavy atom. The number of anilines is 1. The molecule has 0 spiro atoms. The van der Waals surface area contributed by atoms with Crippen LogP contribution < -0.4 is 10.1 Å². The van der Waals surface area contributed by atoms with Crippen LogP contribution in [0.15, 0.2) is 42.5 Å². The van der Waals surface area contributed by atoms with Crippen molar-refractivity contribution in [1.82, 2.24) is 20.2 Å². The largest absolute Gasteiger partial charge is 0.495 e. The van der Waals surface area contributed by atoms with Crippen molar-refractivity contribution >= 4 is 11.6 Å². The van der Waals surface area contributed by atoms with Crippen molar-refractivity contribution in [3.05, 3.63) is 59.7 Å². The molecular formula is C16H14FN5O2. The highest BCUT2D eigenvalue weighted by atomic mass is 19.1. The molecule has 2 aromatic carbocycles.